The lowest BCUT2D eigenvalue weighted by Crippen LogP contribution is -2.41. The first kappa shape index (κ1) is 26.6. The number of aryl methyl sites for hydroxylation is 1. The second-order valence-electron chi connectivity index (χ2n) is 13.2. The van der Waals surface area contributed by atoms with Gasteiger partial charge in [0.15, 0.2) is 0 Å². The molecule has 3 aromatic heterocycles. The molecule has 9 rings (SSSR count). The summed E-state index contributed by atoms with van der Waals surface area (Å²) >= 11 is 0. The largest absolute Gasteiger partial charge is 0.494 e. The number of aromatic nitrogens is 3. The van der Waals surface area contributed by atoms with E-state index in [2.05, 4.69) is 46.8 Å². The molecule has 2 aliphatic heterocycles. The number of ether oxygens (including phenoxy) is 1. The molecule has 1 saturated heterocycles. The number of piperidine rings is 1. The summed E-state index contributed by atoms with van der Waals surface area (Å²) in [6.07, 6.45) is 7.98. The van der Waals surface area contributed by atoms with Crippen molar-refractivity contribution in [3.63, 3.8) is 0 Å². The number of aliphatic imine (C=N–C) groups is 1. The Balaban J connectivity index is 1.15. The predicted molar refractivity (Wildman–Crippen MR) is 173 cm³/mol. The Hall–Kier alpha value is -4.76. The highest BCUT2D eigenvalue weighted by Crippen LogP contribution is 2.41. The number of fused-ring (bicyclic) bond motifs is 5. The van der Waals surface area contributed by atoms with E-state index in [4.69, 9.17) is 15.6 Å². The van der Waals surface area contributed by atoms with Gasteiger partial charge in [-0.05, 0) is 79.8 Å². The Bertz CT molecular complexity index is 2120. The molecule has 2 unspecified atom stereocenters. The third-order valence-electron chi connectivity index (χ3n) is 10.5. The number of carbonyl (C=O) groups is 2. The number of carbonyl (C=O) groups excluding carboxylic acids is 2. The number of likely N-dealkylation sites (tertiary alicyclic amines) is 1. The van der Waals surface area contributed by atoms with Crippen molar-refractivity contribution in [2.45, 2.75) is 51.2 Å². The van der Waals surface area contributed by atoms with Gasteiger partial charge in [0.25, 0.3) is 11.8 Å². The minimum atomic E-state index is -0.189. The number of pyridine rings is 1. The lowest BCUT2D eigenvalue weighted by atomic mass is 9.99. The normalized spacial score (nSPS) is 21.9. The molecule has 5 aromatic rings. The number of nitrogens with two attached hydrogens (primary N) is 1. The highest BCUT2D eigenvalue weighted by Gasteiger charge is 2.47. The Morgan fingerprint density at radius 2 is 1.87 bits per heavy atom. The van der Waals surface area contributed by atoms with Gasteiger partial charge in [-0.1, -0.05) is 24.3 Å². The average Bonchev–Trinajstić information content (AvgIpc) is 3.26. The Morgan fingerprint density at radius 1 is 1.04 bits per heavy atom. The van der Waals surface area contributed by atoms with Crippen molar-refractivity contribution in [3.05, 3.63) is 77.0 Å². The van der Waals surface area contributed by atoms with Gasteiger partial charge in [0, 0.05) is 59.6 Å². The zero-order valence-corrected chi connectivity index (χ0v) is 25.4. The number of rotatable bonds is 6. The van der Waals surface area contributed by atoms with E-state index in [1.54, 1.807) is 13.3 Å². The topological polar surface area (TPSA) is 107 Å². The van der Waals surface area contributed by atoms with E-state index in [0.717, 1.165) is 69.4 Å². The number of benzene rings is 2. The van der Waals surface area contributed by atoms with Crippen LogP contribution in [0, 0.1) is 18.8 Å². The number of hydrogen-bond acceptors (Lipinski definition) is 5. The number of methoxy groups -OCH3 is 1. The third-order valence-corrected chi connectivity index (χ3v) is 10.5. The molecule has 3 fully saturated rings. The number of nitrogens with zero attached hydrogens (tertiary/aromatic N) is 5. The first-order valence-corrected chi connectivity index (χ1v) is 15.9. The third kappa shape index (κ3) is 4.03. The second kappa shape index (κ2) is 9.62. The number of amides is 2. The smallest absolute Gasteiger partial charge is 0.277 e. The van der Waals surface area contributed by atoms with E-state index >= 15 is 0 Å². The van der Waals surface area contributed by atoms with Crippen molar-refractivity contribution in [2.24, 2.45) is 22.6 Å². The molecule has 5 heterocycles. The molecule has 4 aliphatic rings. The molecule has 9 heteroatoms. The van der Waals surface area contributed by atoms with Crippen LogP contribution in [0.15, 0.2) is 59.7 Å². The maximum Gasteiger partial charge on any atom is 0.277 e. The minimum absolute atomic E-state index is 0.0113. The molecular weight excluding hydrogens is 564 g/mol. The molecule has 226 valence electrons. The first-order chi connectivity index (χ1) is 21.9. The van der Waals surface area contributed by atoms with Crippen LogP contribution in [0.1, 0.15) is 57.5 Å². The van der Waals surface area contributed by atoms with Crippen molar-refractivity contribution in [2.75, 3.05) is 13.7 Å². The quantitative estimate of drug-likeness (QED) is 0.278. The van der Waals surface area contributed by atoms with Crippen molar-refractivity contribution in [3.8, 4) is 28.3 Å². The van der Waals surface area contributed by atoms with Crippen LogP contribution >= 0.6 is 0 Å². The highest BCUT2D eigenvalue weighted by atomic mass is 16.5. The fourth-order valence-electron chi connectivity index (χ4n) is 7.87. The maximum absolute atomic E-state index is 13.7. The van der Waals surface area contributed by atoms with Crippen LogP contribution in [-0.4, -0.2) is 62.8 Å². The molecule has 2 saturated carbocycles. The van der Waals surface area contributed by atoms with Crippen LogP contribution in [0.3, 0.4) is 0 Å². The fraction of sp³-hybridized carbons (Fsp3) is 0.333. The van der Waals surface area contributed by atoms with Crippen LogP contribution in [0.4, 0.5) is 0 Å². The summed E-state index contributed by atoms with van der Waals surface area (Å²) in [5.74, 6) is 1.45. The van der Waals surface area contributed by atoms with E-state index in [0.29, 0.717) is 35.3 Å². The SMILES string of the molecule is COc1cc(C(=O)N2CC3CCC2[C@@H]3N)cn2nc(-c3cc4ccc(-c5ccc6c(c5)C(=O)N=C6)cc4n3CC3CC3)c(C)c12. The molecule has 2 amide bonds. The lowest BCUT2D eigenvalue weighted by molar-refractivity contribution is 0.0699. The van der Waals surface area contributed by atoms with E-state index in [9.17, 15) is 9.59 Å². The van der Waals surface area contributed by atoms with Crippen molar-refractivity contribution >= 4 is 34.4 Å². The molecule has 2 N–H and O–H groups in total. The summed E-state index contributed by atoms with van der Waals surface area (Å²) in [6.45, 7) is 3.70. The zero-order valence-electron chi connectivity index (χ0n) is 25.4. The summed E-state index contributed by atoms with van der Waals surface area (Å²) in [5.41, 5.74) is 15.5. The van der Waals surface area contributed by atoms with Gasteiger partial charge in [-0.25, -0.2) is 9.51 Å². The molecule has 2 bridgehead atoms. The van der Waals surface area contributed by atoms with E-state index in [1.807, 2.05) is 33.8 Å². The van der Waals surface area contributed by atoms with Crippen molar-refractivity contribution < 1.29 is 14.3 Å². The first-order valence-electron chi connectivity index (χ1n) is 15.9. The Labute approximate surface area is 260 Å². The van der Waals surface area contributed by atoms with Crippen LogP contribution in [0.2, 0.25) is 0 Å². The van der Waals surface area contributed by atoms with Gasteiger partial charge in [-0.3, -0.25) is 9.59 Å². The van der Waals surface area contributed by atoms with Crippen LogP contribution in [-0.2, 0) is 6.54 Å². The molecule has 45 heavy (non-hydrogen) atoms. The van der Waals surface area contributed by atoms with Gasteiger partial charge in [0.05, 0.1) is 23.9 Å². The van der Waals surface area contributed by atoms with Gasteiger partial charge in [-0.2, -0.15) is 5.10 Å². The summed E-state index contributed by atoms with van der Waals surface area (Å²) in [7, 11) is 1.65. The molecule has 3 atom stereocenters. The maximum atomic E-state index is 13.7. The summed E-state index contributed by atoms with van der Waals surface area (Å²) in [6, 6.07) is 16.7. The zero-order chi connectivity index (χ0) is 30.6. The molecular formula is C36H34N6O3. The van der Waals surface area contributed by atoms with Gasteiger partial charge in [-0.15, -0.1) is 0 Å². The average molecular weight is 599 g/mol. The summed E-state index contributed by atoms with van der Waals surface area (Å²) < 4.78 is 10.1. The molecule has 0 spiro atoms. The van der Waals surface area contributed by atoms with Crippen molar-refractivity contribution in [1.82, 2.24) is 19.1 Å². The Morgan fingerprint density at radius 3 is 2.62 bits per heavy atom. The minimum Gasteiger partial charge on any atom is -0.494 e. The molecule has 0 radical (unpaired) electrons. The molecule has 2 aliphatic carbocycles. The Kier molecular flexibility index (Phi) is 5.69. The standard InChI is InChI=1S/C36H34N6O3/c1-19-33(39-42-18-26(14-31(45-2)34(19)42)36(44)41-17-25-9-10-28(41)32(25)37)30-13-23-7-5-22(12-29(23)40(30)16-20-3-4-20)21-6-8-24-15-38-35(43)27(24)11-21/h5-8,11-15,18,20,25,28,32H,3-4,9-10,16-17,37H2,1-2H3/t25?,28?,32-/m1/s1. The highest BCUT2D eigenvalue weighted by molar-refractivity contribution is 6.13. The van der Waals surface area contributed by atoms with Crippen LogP contribution in [0.5, 0.6) is 5.75 Å². The van der Waals surface area contributed by atoms with E-state index in [1.165, 1.54) is 12.8 Å². The van der Waals surface area contributed by atoms with Gasteiger partial charge >= 0.3 is 0 Å². The summed E-state index contributed by atoms with van der Waals surface area (Å²) in [5, 5.41) is 6.24. The fourth-order valence-corrected chi connectivity index (χ4v) is 7.87. The number of hydrogen-bond donors (Lipinski definition) is 1. The van der Waals surface area contributed by atoms with Gasteiger partial charge in [0.2, 0.25) is 0 Å². The molecule has 9 nitrogen and oxygen atoms in total. The van der Waals surface area contributed by atoms with Crippen molar-refractivity contribution in [1.29, 1.82) is 0 Å². The summed E-state index contributed by atoms with van der Waals surface area (Å²) in [4.78, 5) is 31.9. The second-order valence-corrected chi connectivity index (χ2v) is 13.2. The van der Waals surface area contributed by atoms with Crippen LogP contribution < -0.4 is 10.5 Å². The van der Waals surface area contributed by atoms with E-state index < -0.39 is 0 Å². The van der Waals surface area contributed by atoms with E-state index in [-0.39, 0.29) is 23.9 Å². The molecule has 2 aromatic carbocycles. The van der Waals surface area contributed by atoms with Gasteiger partial charge in [0.1, 0.15) is 17.0 Å². The monoisotopic (exact) mass is 598 g/mol. The predicted octanol–water partition coefficient (Wildman–Crippen LogP) is 5.48. The van der Waals surface area contributed by atoms with Gasteiger partial charge < -0.3 is 19.9 Å². The van der Waals surface area contributed by atoms with Crippen LogP contribution in [0.25, 0.3) is 38.9 Å². The lowest BCUT2D eigenvalue weighted by Gasteiger charge is -2.27.